The van der Waals surface area contributed by atoms with Crippen molar-refractivity contribution < 1.29 is 4.74 Å². The fourth-order valence-corrected chi connectivity index (χ4v) is 0.495. The van der Waals surface area contributed by atoms with Crippen molar-refractivity contribution in [3.63, 3.8) is 0 Å². The summed E-state index contributed by atoms with van der Waals surface area (Å²) in [6.07, 6.45) is 0.740. The van der Waals surface area contributed by atoms with E-state index in [0.29, 0.717) is 13.2 Å². The molecule has 0 aromatic rings. The molecule has 0 radical (unpaired) electrons. The third-order valence-corrected chi connectivity index (χ3v) is 1.14. The second-order valence-electron chi connectivity index (χ2n) is 1.84. The summed E-state index contributed by atoms with van der Waals surface area (Å²) in [5.41, 5.74) is 5.25. The molecule has 0 fully saturated rings. The van der Waals surface area contributed by atoms with Gasteiger partial charge < -0.3 is 10.5 Å². The summed E-state index contributed by atoms with van der Waals surface area (Å²) in [5.74, 6) is -0.0371. The number of hydrogen-bond acceptors (Lipinski definition) is 3. The predicted octanol–water partition coefficient (Wildman–Crippen LogP) is 0.121. The molecule has 9 heavy (non-hydrogen) atoms. The summed E-state index contributed by atoms with van der Waals surface area (Å²) < 4.78 is 4.77. The first-order chi connectivity index (χ1) is 4.35. The van der Waals surface area contributed by atoms with Gasteiger partial charge in [0, 0.05) is 20.3 Å². The highest BCUT2D eigenvalue weighted by molar-refractivity contribution is 4.82. The van der Waals surface area contributed by atoms with Crippen LogP contribution in [0.1, 0.15) is 6.42 Å². The third kappa shape index (κ3) is 3.95. The Hall–Kier alpha value is -0.590. The molecule has 0 amide bonds. The molecule has 0 saturated heterocycles. The van der Waals surface area contributed by atoms with Gasteiger partial charge in [-0.2, -0.15) is 5.26 Å². The molecule has 3 heteroatoms. The van der Waals surface area contributed by atoms with Gasteiger partial charge in [0.25, 0.3) is 0 Å². The Bertz CT molecular complexity index is 97.7. The van der Waals surface area contributed by atoms with E-state index in [-0.39, 0.29) is 5.92 Å². The molecule has 0 aliphatic carbocycles. The van der Waals surface area contributed by atoms with E-state index in [9.17, 15) is 0 Å². The summed E-state index contributed by atoms with van der Waals surface area (Å²) in [4.78, 5) is 0. The molecule has 0 aliphatic rings. The van der Waals surface area contributed by atoms with E-state index in [0.717, 1.165) is 6.42 Å². The van der Waals surface area contributed by atoms with E-state index in [2.05, 4.69) is 6.07 Å². The maximum Gasteiger partial charge on any atom is 0.0670 e. The van der Waals surface area contributed by atoms with Crippen LogP contribution in [-0.2, 0) is 4.74 Å². The Kier molecular flexibility index (Phi) is 5.18. The van der Waals surface area contributed by atoms with E-state index in [1.54, 1.807) is 7.11 Å². The highest BCUT2D eigenvalue weighted by Gasteiger charge is 2.01. The van der Waals surface area contributed by atoms with Gasteiger partial charge in [0.05, 0.1) is 12.0 Å². The molecule has 0 rings (SSSR count). The largest absolute Gasteiger partial charge is 0.385 e. The summed E-state index contributed by atoms with van der Waals surface area (Å²) in [7, 11) is 1.62. The average Bonchev–Trinajstić information content (AvgIpc) is 1.91. The van der Waals surface area contributed by atoms with E-state index in [1.165, 1.54) is 0 Å². The molecule has 1 unspecified atom stereocenters. The quantitative estimate of drug-likeness (QED) is 0.585. The zero-order valence-electron chi connectivity index (χ0n) is 5.63. The van der Waals surface area contributed by atoms with Gasteiger partial charge in [-0.3, -0.25) is 0 Å². The highest BCUT2D eigenvalue weighted by Crippen LogP contribution is 1.97. The number of ether oxygens (including phenoxy) is 1. The van der Waals surface area contributed by atoms with Crippen LogP contribution in [0.3, 0.4) is 0 Å². The number of nitrogens with zero attached hydrogens (tertiary/aromatic N) is 1. The molecule has 0 spiro atoms. The predicted molar refractivity (Wildman–Crippen MR) is 34.7 cm³/mol. The van der Waals surface area contributed by atoms with Crippen LogP contribution in [0.5, 0.6) is 0 Å². The van der Waals surface area contributed by atoms with E-state index in [4.69, 9.17) is 15.7 Å². The Labute approximate surface area is 55.4 Å². The van der Waals surface area contributed by atoms with Crippen molar-refractivity contribution in [3.05, 3.63) is 0 Å². The monoisotopic (exact) mass is 128 g/mol. The van der Waals surface area contributed by atoms with E-state index in [1.807, 2.05) is 0 Å². The minimum Gasteiger partial charge on any atom is -0.385 e. The molecule has 1 atom stereocenters. The molecule has 0 saturated carbocycles. The first-order valence-electron chi connectivity index (χ1n) is 2.93. The first-order valence-corrected chi connectivity index (χ1v) is 2.93. The van der Waals surface area contributed by atoms with E-state index < -0.39 is 0 Å². The van der Waals surface area contributed by atoms with Gasteiger partial charge in [-0.05, 0) is 6.42 Å². The van der Waals surface area contributed by atoms with Crippen molar-refractivity contribution in [2.24, 2.45) is 11.7 Å². The fourth-order valence-electron chi connectivity index (χ4n) is 0.495. The lowest BCUT2D eigenvalue weighted by atomic mass is 10.1. The number of rotatable bonds is 4. The molecule has 52 valence electrons. The Morgan fingerprint density at radius 2 is 2.44 bits per heavy atom. The lowest BCUT2D eigenvalue weighted by Crippen LogP contribution is -2.13. The van der Waals surface area contributed by atoms with Gasteiger partial charge >= 0.3 is 0 Å². The maximum absolute atomic E-state index is 8.37. The number of nitrogens with two attached hydrogens (primary N) is 1. The van der Waals surface area contributed by atoms with Crippen molar-refractivity contribution in [2.45, 2.75) is 6.42 Å². The van der Waals surface area contributed by atoms with Crippen LogP contribution in [0.15, 0.2) is 0 Å². The molecule has 0 aromatic heterocycles. The SMILES string of the molecule is COCCC(C#N)CN. The fraction of sp³-hybridized carbons (Fsp3) is 0.833. The Balaban J connectivity index is 3.23. The molecular formula is C6H12N2O. The van der Waals surface area contributed by atoms with Gasteiger partial charge in [0.1, 0.15) is 0 Å². The van der Waals surface area contributed by atoms with Gasteiger partial charge in [-0.15, -0.1) is 0 Å². The normalized spacial score (nSPS) is 12.6. The molecule has 0 bridgehead atoms. The van der Waals surface area contributed by atoms with Crippen molar-refractivity contribution >= 4 is 0 Å². The van der Waals surface area contributed by atoms with E-state index >= 15 is 0 Å². The third-order valence-electron chi connectivity index (χ3n) is 1.14. The lowest BCUT2D eigenvalue weighted by Gasteiger charge is -2.02. The van der Waals surface area contributed by atoms with Crippen LogP contribution in [0.2, 0.25) is 0 Å². The standard InChI is InChI=1S/C6H12N2O/c1-9-3-2-6(4-7)5-8/h6H,2-4,7H2,1H3. The Morgan fingerprint density at radius 3 is 2.78 bits per heavy atom. The van der Waals surface area contributed by atoms with Gasteiger partial charge in [-0.25, -0.2) is 0 Å². The van der Waals surface area contributed by atoms with Crippen LogP contribution in [0.4, 0.5) is 0 Å². The van der Waals surface area contributed by atoms with Crippen LogP contribution in [-0.4, -0.2) is 20.3 Å². The highest BCUT2D eigenvalue weighted by atomic mass is 16.5. The molecule has 2 N–H and O–H groups in total. The number of hydrogen-bond donors (Lipinski definition) is 1. The zero-order chi connectivity index (χ0) is 7.11. The maximum atomic E-state index is 8.37. The van der Waals surface area contributed by atoms with Crippen molar-refractivity contribution in [2.75, 3.05) is 20.3 Å². The smallest absolute Gasteiger partial charge is 0.0670 e. The molecule has 0 aromatic carbocycles. The van der Waals surface area contributed by atoms with Crippen LogP contribution in [0.25, 0.3) is 0 Å². The number of methoxy groups -OCH3 is 1. The minimum atomic E-state index is -0.0371. The van der Waals surface area contributed by atoms with Crippen molar-refractivity contribution in [3.8, 4) is 6.07 Å². The summed E-state index contributed by atoms with van der Waals surface area (Å²) in [6.45, 7) is 1.05. The second-order valence-corrected chi connectivity index (χ2v) is 1.84. The summed E-state index contributed by atoms with van der Waals surface area (Å²) >= 11 is 0. The van der Waals surface area contributed by atoms with Gasteiger partial charge in [-0.1, -0.05) is 0 Å². The topological polar surface area (TPSA) is 59.0 Å². The van der Waals surface area contributed by atoms with Crippen molar-refractivity contribution in [1.82, 2.24) is 0 Å². The summed E-state index contributed by atoms with van der Waals surface area (Å²) in [6, 6.07) is 2.08. The molecule has 3 nitrogen and oxygen atoms in total. The molecular weight excluding hydrogens is 116 g/mol. The Morgan fingerprint density at radius 1 is 1.78 bits per heavy atom. The molecule has 0 heterocycles. The summed E-state index contributed by atoms with van der Waals surface area (Å²) in [5, 5.41) is 8.37. The number of nitriles is 1. The second kappa shape index (κ2) is 5.54. The van der Waals surface area contributed by atoms with Crippen LogP contribution < -0.4 is 5.73 Å². The van der Waals surface area contributed by atoms with Gasteiger partial charge in [0.2, 0.25) is 0 Å². The van der Waals surface area contributed by atoms with Crippen LogP contribution in [0, 0.1) is 17.2 Å². The average molecular weight is 128 g/mol. The van der Waals surface area contributed by atoms with Crippen molar-refractivity contribution in [1.29, 1.82) is 5.26 Å². The minimum absolute atomic E-state index is 0.0371. The van der Waals surface area contributed by atoms with Crippen LogP contribution >= 0.6 is 0 Å². The van der Waals surface area contributed by atoms with Gasteiger partial charge in [0.15, 0.2) is 0 Å². The lowest BCUT2D eigenvalue weighted by molar-refractivity contribution is 0.186. The molecule has 0 aliphatic heterocycles. The first kappa shape index (κ1) is 8.41. The zero-order valence-corrected chi connectivity index (χ0v) is 5.63.